The van der Waals surface area contributed by atoms with Gasteiger partial charge in [-0.3, -0.25) is 9.59 Å². The molecule has 0 unspecified atom stereocenters. The van der Waals surface area contributed by atoms with Gasteiger partial charge in [-0.1, -0.05) is 12.7 Å². The molecule has 0 radical (unpaired) electrons. The van der Waals surface area contributed by atoms with Gasteiger partial charge in [0.15, 0.2) is 0 Å². The lowest BCUT2D eigenvalue weighted by atomic mass is 10.2. The van der Waals surface area contributed by atoms with Crippen LogP contribution < -0.4 is 0 Å². The van der Waals surface area contributed by atoms with Crippen LogP contribution in [0.2, 0.25) is 0 Å². The monoisotopic (exact) mass is 240 g/mol. The number of allylic oxidation sites excluding steroid dienone is 1. The predicted octanol–water partition coefficient (Wildman–Crippen LogP) is 1.88. The van der Waals surface area contributed by atoms with E-state index in [-0.39, 0.29) is 12.8 Å². The largest absolute Gasteiger partial charge is 0.435 e. The lowest BCUT2D eigenvalue weighted by molar-refractivity contribution is -0.156. The van der Waals surface area contributed by atoms with Crippen LogP contribution in [0, 0.1) is 0 Å². The Hall–Kier alpha value is -1.91. The van der Waals surface area contributed by atoms with Crippen LogP contribution in [0.3, 0.4) is 0 Å². The maximum absolute atomic E-state index is 11.1. The van der Waals surface area contributed by atoms with Gasteiger partial charge in [-0.2, -0.15) is 0 Å². The van der Waals surface area contributed by atoms with E-state index in [2.05, 4.69) is 16.1 Å². The summed E-state index contributed by atoms with van der Waals surface area (Å²) in [7, 11) is 0. The average molecular weight is 240 g/mol. The maximum Gasteiger partial charge on any atom is 0.338 e. The smallest absolute Gasteiger partial charge is 0.338 e. The van der Waals surface area contributed by atoms with Crippen LogP contribution in [0.25, 0.3) is 0 Å². The van der Waals surface area contributed by atoms with Gasteiger partial charge in [0.25, 0.3) is 0 Å². The van der Waals surface area contributed by atoms with E-state index in [4.69, 9.17) is 0 Å². The van der Waals surface area contributed by atoms with Crippen molar-refractivity contribution in [2.75, 3.05) is 0 Å². The molecule has 0 fully saturated rings. The van der Waals surface area contributed by atoms with E-state index >= 15 is 0 Å². The molecule has 0 N–H and O–H groups in total. The second-order valence-electron chi connectivity index (χ2n) is 3.16. The van der Waals surface area contributed by atoms with Crippen molar-refractivity contribution in [3.8, 4) is 0 Å². The summed E-state index contributed by atoms with van der Waals surface area (Å²) in [5.41, 5.74) is 0. The van der Waals surface area contributed by atoms with Crippen molar-refractivity contribution in [1.82, 2.24) is 0 Å². The van der Waals surface area contributed by atoms with Crippen LogP contribution in [0.1, 0.15) is 32.6 Å². The van der Waals surface area contributed by atoms with E-state index in [1.807, 2.05) is 0 Å². The van der Waals surface area contributed by atoms with E-state index in [1.54, 1.807) is 6.92 Å². The standard InChI is InChI=1S/C12H16O5/c1-3-7-11(14)17-12(15)9-6-5-8-10(13)16-4-2/h3-4,7H,2,5-6,8-9H2,1H3. The minimum atomic E-state index is -0.677. The maximum atomic E-state index is 11.1. The van der Waals surface area contributed by atoms with Crippen molar-refractivity contribution >= 4 is 17.9 Å². The molecular formula is C12H16O5. The summed E-state index contributed by atoms with van der Waals surface area (Å²) in [5, 5.41) is 0. The third-order valence-electron chi connectivity index (χ3n) is 1.74. The van der Waals surface area contributed by atoms with E-state index < -0.39 is 17.9 Å². The second kappa shape index (κ2) is 9.33. The Morgan fingerprint density at radius 3 is 2.24 bits per heavy atom. The quantitative estimate of drug-likeness (QED) is 0.223. The lowest BCUT2D eigenvalue weighted by Gasteiger charge is -2.00. The number of carbonyl (C=O) groups is 3. The highest BCUT2D eigenvalue weighted by Crippen LogP contribution is 2.03. The molecule has 5 nitrogen and oxygen atoms in total. The summed E-state index contributed by atoms with van der Waals surface area (Å²) in [5.74, 6) is -1.66. The molecule has 0 spiro atoms. The third-order valence-corrected chi connectivity index (χ3v) is 1.74. The van der Waals surface area contributed by atoms with Crippen molar-refractivity contribution < 1.29 is 23.9 Å². The van der Waals surface area contributed by atoms with Crippen LogP contribution in [0.4, 0.5) is 0 Å². The highest BCUT2D eigenvalue weighted by atomic mass is 16.6. The van der Waals surface area contributed by atoms with E-state index in [9.17, 15) is 14.4 Å². The van der Waals surface area contributed by atoms with Crippen LogP contribution >= 0.6 is 0 Å². The Morgan fingerprint density at radius 2 is 1.71 bits per heavy atom. The summed E-state index contributed by atoms with van der Waals surface area (Å²) in [6.07, 6.45) is 4.99. The van der Waals surface area contributed by atoms with Crippen LogP contribution in [-0.4, -0.2) is 17.9 Å². The zero-order valence-electron chi connectivity index (χ0n) is 9.81. The molecule has 0 saturated carbocycles. The van der Waals surface area contributed by atoms with Gasteiger partial charge in [0.2, 0.25) is 0 Å². The topological polar surface area (TPSA) is 69.7 Å². The fraction of sp³-hybridized carbons (Fsp3) is 0.417. The highest BCUT2D eigenvalue weighted by molar-refractivity contribution is 5.91. The zero-order valence-corrected chi connectivity index (χ0v) is 9.81. The Labute approximate surface area is 100 Å². The summed E-state index contributed by atoms with van der Waals surface area (Å²) in [6, 6.07) is 0. The molecule has 17 heavy (non-hydrogen) atoms. The zero-order chi connectivity index (χ0) is 13.1. The molecule has 0 amide bonds. The highest BCUT2D eigenvalue weighted by Gasteiger charge is 2.08. The normalized spacial score (nSPS) is 9.94. The van der Waals surface area contributed by atoms with Crippen molar-refractivity contribution in [2.24, 2.45) is 0 Å². The van der Waals surface area contributed by atoms with Gasteiger partial charge in [0.1, 0.15) is 0 Å². The van der Waals surface area contributed by atoms with Crippen LogP contribution in [0.15, 0.2) is 25.0 Å². The van der Waals surface area contributed by atoms with E-state index in [0.717, 1.165) is 6.26 Å². The van der Waals surface area contributed by atoms with Crippen molar-refractivity contribution in [1.29, 1.82) is 0 Å². The molecule has 0 aromatic rings. The summed E-state index contributed by atoms with van der Waals surface area (Å²) in [4.78, 5) is 32.8. The number of carbonyl (C=O) groups excluding carboxylic acids is 3. The molecule has 0 saturated heterocycles. The van der Waals surface area contributed by atoms with Crippen molar-refractivity contribution in [3.05, 3.63) is 25.0 Å². The number of esters is 3. The molecule has 0 aromatic carbocycles. The summed E-state index contributed by atoms with van der Waals surface area (Å²) in [6.45, 7) is 4.90. The minimum absolute atomic E-state index is 0.102. The van der Waals surface area contributed by atoms with Gasteiger partial charge < -0.3 is 9.47 Å². The first-order valence-corrected chi connectivity index (χ1v) is 5.28. The fourth-order valence-electron chi connectivity index (χ4n) is 1.02. The number of hydrogen-bond donors (Lipinski definition) is 0. The molecule has 0 aromatic heterocycles. The number of ether oxygens (including phenoxy) is 2. The SMILES string of the molecule is C=COC(=O)CCCCC(=O)OC(=O)C=CC. The lowest BCUT2D eigenvalue weighted by Crippen LogP contribution is -2.10. The molecule has 94 valence electrons. The molecular weight excluding hydrogens is 224 g/mol. The molecule has 5 heteroatoms. The van der Waals surface area contributed by atoms with Gasteiger partial charge in [-0.25, -0.2) is 4.79 Å². The van der Waals surface area contributed by atoms with Crippen molar-refractivity contribution in [3.63, 3.8) is 0 Å². The van der Waals surface area contributed by atoms with E-state index in [1.165, 1.54) is 12.2 Å². The summed E-state index contributed by atoms with van der Waals surface area (Å²) >= 11 is 0. The number of rotatable bonds is 7. The number of unbranched alkanes of at least 4 members (excludes halogenated alkanes) is 1. The Kier molecular flexibility index (Phi) is 8.28. The minimum Gasteiger partial charge on any atom is -0.435 e. The predicted molar refractivity (Wildman–Crippen MR) is 60.7 cm³/mol. The van der Waals surface area contributed by atoms with Crippen LogP contribution in [-0.2, 0) is 23.9 Å². The molecule has 0 rings (SSSR count). The molecule has 0 atom stereocenters. The van der Waals surface area contributed by atoms with Crippen LogP contribution in [0.5, 0.6) is 0 Å². The Balaban J connectivity index is 3.61. The van der Waals surface area contributed by atoms with Gasteiger partial charge in [0.05, 0.1) is 6.26 Å². The first kappa shape index (κ1) is 15.1. The second-order valence-corrected chi connectivity index (χ2v) is 3.16. The van der Waals surface area contributed by atoms with Gasteiger partial charge in [0, 0.05) is 18.9 Å². The fourth-order valence-corrected chi connectivity index (χ4v) is 1.02. The van der Waals surface area contributed by atoms with Gasteiger partial charge in [-0.15, -0.1) is 0 Å². The molecule has 0 bridgehead atoms. The molecule has 0 aliphatic rings. The van der Waals surface area contributed by atoms with Gasteiger partial charge in [-0.05, 0) is 19.8 Å². The summed E-state index contributed by atoms with van der Waals surface area (Å²) < 4.78 is 8.94. The first-order chi connectivity index (χ1) is 8.10. The van der Waals surface area contributed by atoms with Crippen molar-refractivity contribution in [2.45, 2.75) is 32.6 Å². The molecule has 0 heterocycles. The van der Waals surface area contributed by atoms with Gasteiger partial charge >= 0.3 is 17.9 Å². The Morgan fingerprint density at radius 1 is 1.12 bits per heavy atom. The first-order valence-electron chi connectivity index (χ1n) is 5.28. The molecule has 0 aliphatic carbocycles. The Bertz CT molecular complexity index is 317. The molecule has 0 aliphatic heterocycles. The van der Waals surface area contributed by atoms with E-state index in [0.29, 0.717) is 12.8 Å². The third kappa shape index (κ3) is 9.04. The number of hydrogen-bond acceptors (Lipinski definition) is 5. The average Bonchev–Trinajstić information content (AvgIpc) is 2.25.